The molecule has 12 aromatic carbocycles. The van der Waals surface area contributed by atoms with E-state index in [4.69, 9.17) is 24.3 Å². The fourth-order valence-electron chi connectivity index (χ4n) is 13.1. The zero-order chi connectivity index (χ0) is 57.0. The summed E-state index contributed by atoms with van der Waals surface area (Å²) < 4.78 is 12.6. The van der Waals surface area contributed by atoms with Crippen LogP contribution in [0.3, 0.4) is 0 Å². The third-order valence-corrected chi connectivity index (χ3v) is 18.0. The summed E-state index contributed by atoms with van der Waals surface area (Å²) in [6.45, 7) is 8.34. The number of nitrogens with zero attached hydrogens (tertiary/aromatic N) is 4. The molecule has 0 N–H and O–H groups in total. The molecule has 0 saturated carbocycles. The molecule has 4 aromatic heterocycles. The third-order valence-electron chi connectivity index (χ3n) is 18.0. The standard InChI is InChI=1S/C45H27N3.C33H28BNO2/c1-3-11-36-34(9-1)35-10-2-4-12-37(35)42-41(36)39-13-5-6-14-40(39)48-43(42)32-21-17-29(18-22-32)28-15-19-30(20-16-28)33-25-27-47-45-38(33)24-23-31-8-7-26-46-44(31)45;1-32(2)33(3,4)37-34(36-32)22-19-17-21(18-20-22)31-30-26-14-8-6-12-24(26)23-11-5-7-13-25(23)29(30)27-15-9-10-16-28(27)35-31/h1-27H;5-20H,1-4H3. The molecule has 0 radical (unpaired) electrons. The van der Waals surface area contributed by atoms with E-state index in [0.29, 0.717) is 0 Å². The Bertz CT molecular complexity index is 5360. The van der Waals surface area contributed by atoms with Gasteiger partial charge in [-0.15, -0.1) is 0 Å². The van der Waals surface area contributed by atoms with Gasteiger partial charge in [0.05, 0.1) is 44.7 Å². The predicted octanol–water partition coefficient (Wildman–Crippen LogP) is 19.5. The minimum atomic E-state index is -0.384. The highest BCUT2D eigenvalue weighted by atomic mass is 16.7. The SMILES string of the molecule is CC1(C)OB(c2ccc(-c3nc4ccccc4c4c5ccccc5c5ccccc5c34)cc2)OC1(C)C.c1cnc2c(c1)ccc1c(-c3ccc(-c4ccc(-c5nc6ccccc6c6c7ccccc7c7ccccc7c56)cc4)cc3)ccnc12. The van der Waals surface area contributed by atoms with Crippen LogP contribution in [0.1, 0.15) is 27.7 Å². The Hall–Kier alpha value is -10.2. The number of pyridine rings is 4. The van der Waals surface area contributed by atoms with Gasteiger partial charge >= 0.3 is 7.12 Å². The lowest BCUT2D eigenvalue weighted by Gasteiger charge is -2.32. The van der Waals surface area contributed by atoms with Crippen molar-refractivity contribution in [1.29, 1.82) is 0 Å². The average molecular weight is 1090 g/mol. The Labute approximate surface area is 492 Å². The maximum Gasteiger partial charge on any atom is 0.494 e. The van der Waals surface area contributed by atoms with Crippen LogP contribution in [0, 0.1) is 0 Å². The average Bonchev–Trinajstić information content (AvgIpc) is 1.95. The van der Waals surface area contributed by atoms with E-state index < -0.39 is 0 Å². The van der Waals surface area contributed by atoms with Crippen molar-refractivity contribution in [1.82, 2.24) is 19.9 Å². The Morgan fingerprint density at radius 2 is 0.682 bits per heavy atom. The van der Waals surface area contributed by atoms with Gasteiger partial charge in [-0.2, -0.15) is 0 Å². The van der Waals surface area contributed by atoms with Crippen molar-refractivity contribution < 1.29 is 9.31 Å². The molecule has 0 amide bonds. The smallest absolute Gasteiger partial charge is 0.399 e. The number of aromatic nitrogens is 4. The van der Waals surface area contributed by atoms with E-state index in [2.05, 4.69) is 275 Å². The van der Waals surface area contributed by atoms with Crippen molar-refractivity contribution in [2.24, 2.45) is 0 Å². The van der Waals surface area contributed by atoms with Gasteiger partial charge in [0.2, 0.25) is 0 Å². The summed E-state index contributed by atoms with van der Waals surface area (Å²) in [5, 5.41) is 19.5. The van der Waals surface area contributed by atoms with Crippen molar-refractivity contribution in [3.05, 3.63) is 261 Å². The topological polar surface area (TPSA) is 70.0 Å². The molecular formula is C78H55BN4O2. The van der Waals surface area contributed by atoms with Gasteiger partial charge in [-0.25, -0.2) is 9.97 Å². The van der Waals surface area contributed by atoms with Crippen LogP contribution in [0.4, 0.5) is 0 Å². The first-order valence-corrected chi connectivity index (χ1v) is 29.2. The van der Waals surface area contributed by atoms with Crippen LogP contribution >= 0.6 is 0 Å². The summed E-state index contributed by atoms with van der Waals surface area (Å²) in [5.74, 6) is 0. The summed E-state index contributed by atoms with van der Waals surface area (Å²) in [4.78, 5) is 19.9. The minimum absolute atomic E-state index is 0.369. The van der Waals surface area contributed by atoms with E-state index in [1.54, 1.807) is 0 Å². The Morgan fingerprint density at radius 3 is 1.16 bits per heavy atom. The van der Waals surface area contributed by atoms with Gasteiger partial charge in [-0.1, -0.05) is 224 Å². The fraction of sp³-hybridized carbons (Fsp3) is 0.0769. The first-order chi connectivity index (χ1) is 41.7. The lowest BCUT2D eigenvalue weighted by atomic mass is 9.78. The van der Waals surface area contributed by atoms with Crippen LogP contribution < -0.4 is 5.46 Å². The van der Waals surface area contributed by atoms with Crippen LogP contribution in [0.5, 0.6) is 0 Å². The van der Waals surface area contributed by atoms with Crippen molar-refractivity contribution in [3.63, 3.8) is 0 Å². The van der Waals surface area contributed by atoms with E-state index in [0.717, 1.165) is 71.9 Å². The Kier molecular flexibility index (Phi) is 11.7. The van der Waals surface area contributed by atoms with Gasteiger partial charge < -0.3 is 9.31 Å². The molecule has 1 fully saturated rings. The molecular weight excluding hydrogens is 1040 g/mol. The van der Waals surface area contributed by atoms with Crippen molar-refractivity contribution in [3.8, 4) is 44.8 Å². The van der Waals surface area contributed by atoms with Gasteiger partial charge in [-0.3, -0.25) is 9.97 Å². The molecule has 0 aliphatic carbocycles. The van der Waals surface area contributed by atoms with Gasteiger partial charge in [0, 0.05) is 66.6 Å². The summed E-state index contributed by atoms with van der Waals surface area (Å²) in [7, 11) is -0.384. The largest absolute Gasteiger partial charge is 0.494 e. The zero-order valence-corrected chi connectivity index (χ0v) is 47.5. The van der Waals surface area contributed by atoms with Crippen molar-refractivity contribution >= 4 is 121 Å². The van der Waals surface area contributed by atoms with E-state index in [9.17, 15) is 0 Å². The highest BCUT2D eigenvalue weighted by Gasteiger charge is 2.51. The molecule has 16 aromatic rings. The van der Waals surface area contributed by atoms with Crippen LogP contribution in [0.25, 0.3) is 153 Å². The van der Waals surface area contributed by atoms with Gasteiger partial charge in [0.15, 0.2) is 0 Å². The number of fused-ring (bicyclic) bond motifs is 19. The summed E-state index contributed by atoms with van der Waals surface area (Å²) in [5.41, 5.74) is 13.0. The van der Waals surface area contributed by atoms with Crippen LogP contribution in [-0.4, -0.2) is 38.3 Å². The van der Waals surface area contributed by atoms with Crippen molar-refractivity contribution in [2.45, 2.75) is 38.9 Å². The highest BCUT2D eigenvalue weighted by molar-refractivity contribution is 6.62. The molecule has 1 aliphatic heterocycles. The molecule has 1 saturated heterocycles. The Balaban J connectivity index is 0.000000143. The molecule has 0 bridgehead atoms. The minimum Gasteiger partial charge on any atom is -0.399 e. The van der Waals surface area contributed by atoms with Gasteiger partial charge in [0.1, 0.15) is 0 Å². The molecule has 85 heavy (non-hydrogen) atoms. The number of hydrogen-bond donors (Lipinski definition) is 0. The molecule has 0 spiro atoms. The molecule has 0 atom stereocenters. The monoisotopic (exact) mass is 1090 g/mol. The number of para-hydroxylation sites is 2. The number of rotatable bonds is 5. The highest BCUT2D eigenvalue weighted by Crippen LogP contribution is 2.45. The fourth-order valence-corrected chi connectivity index (χ4v) is 13.1. The predicted molar refractivity (Wildman–Crippen MR) is 357 cm³/mol. The molecule has 17 rings (SSSR count). The Morgan fingerprint density at radius 1 is 0.294 bits per heavy atom. The van der Waals surface area contributed by atoms with E-state index in [1.165, 1.54) is 86.5 Å². The molecule has 6 nitrogen and oxygen atoms in total. The molecule has 1 aliphatic rings. The van der Waals surface area contributed by atoms with Crippen LogP contribution in [0.15, 0.2) is 261 Å². The van der Waals surface area contributed by atoms with Crippen LogP contribution in [0.2, 0.25) is 0 Å². The number of hydrogen-bond acceptors (Lipinski definition) is 6. The van der Waals surface area contributed by atoms with Gasteiger partial charge in [-0.05, 0) is 123 Å². The lowest BCUT2D eigenvalue weighted by molar-refractivity contribution is 0.00578. The second-order valence-corrected chi connectivity index (χ2v) is 23.4. The second-order valence-electron chi connectivity index (χ2n) is 23.4. The lowest BCUT2D eigenvalue weighted by Crippen LogP contribution is -2.41. The van der Waals surface area contributed by atoms with E-state index >= 15 is 0 Å². The van der Waals surface area contributed by atoms with Crippen LogP contribution in [-0.2, 0) is 9.31 Å². The van der Waals surface area contributed by atoms with Gasteiger partial charge in [0.25, 0.3) is 0 Å². The molecule has 402 valence electrons. The van der Waals surface area contributed by atoms with E-state index in [1.807, 2.05) is 18.5 Å². The maximum atomic E-state index is 6.29. The molecule has 7 heteroatoms. The third kappa shape index (κ3) is 8.25. The van der Waals surface area contributed by atoms with Crippen molar-refractivity contribution in [2.75, 3.05) is 0 Å². The molecule has 5 heterocycles. The first-order valence-electron chi connectivity index (χ1n) is 29.2. The zero-order valence-electron chi connectivity index (χ0n) is 47.5. The summed E-state index contributed by atoms with van der Waals surface area (Å²) >= 11 is 0. The number of benzene rings is 12. The first kappa shape index (κ1) is 50.5. The summed E-state index contributed by atoms with van der Waals surface area (Å²) in [6, 6.07) is 88.6. The van der Waals surface area contributed by atoms with E-state index in [-0.39, 0.29) is 18.3 Å². The molecule has 0 unspecified atom stereocenters. The maximum absolute atomic E-state index is 6.29. The summed E-state index contributed by atoms with van der Waals surface area (Å²) in [6.07, 6.45) is 3.72. The quantitative estimate of drug-likeness (QED) is 0.126. The normalized spacial score (nSPS) is 14.0. The second kappa shape index (κ2) is 19.7.